The zero-order valence-electron chi connectivity index (χ0n) is 14.5. The minimum Gasteiger partial charge on any atom is -0.487 e. The number of halogens is 4. The molecule has 0 saturated heterocycles. The maximum Gasteiger partial charge on any atom is 0.148 e. The number of anilines is 1. The smallest absolute Gasteiger partial charge is 0.148 e. The molecule has 0 spiro atoms. The fourth-order valence-corrected chi connectivity index (χ4v) is 4.60. The Hall–Kier alpha value is -1.37. The Morgan fingerprint density at radius 1 is 0.889 bits per heavy atom. The van der Waals surface area contributed by atoms with Crippen molar-refractivity contribution in [2.45, 2.75) is 20.1 Å². The zero-order valence-corrected chi connectivity index (χ0v) is 19.3. The van der Waals surface area contributed by atoms with Gasteiger partial charge in [0, 0.05) is 16.7 Å². The monoisotopic (exact) mass is 555 g/mol. The van der Waals surface area contributed by atoms with Gasteiger partial charge < -0.3 is 10.1 Å². The summed E-state index contributed by atoms with van der Waals surface area (Å²) in [4.78, 5) is 0. The average Bonchev–Trinajstić information content (AvgIpc) is 2.62. The van der Waals surface area contributed by atoms with Gasteiger partial charge in [-0.3, -0.25) is 0 Å². The normalized spacial score (nSPS) is 10.7. The van der Waals surface area contributed by atoms with E-state index in [2.05, 4.69) is 72.2 Å². The Morgan fingerprint density at radius 3 is 2.19 bits per heavy atom. The maximum atomic E-state index is 13.0. The molecule has 0 heterocycles. The molecule has 0 radical (unpaired) electrons. The lowest BCUT2D eigenvalue weighted by molar-refractivity contribution is 0.302. The van der Waals surface area contributed by atoms with Crippen molar-refractivity contribution in [3.8, 4) is 5.75 Å². The van der Waals surface area contributed by atoms with Gasteiger partial charge in [0.25, 0.3) is 0 Å². The van der Waals surface area contributed by atoms with E-state index in [0.717, 1.165) is 36.0 Å². The van der Waals surface area contributed by atoms with Crippen LogP contribution in [-0.2, 0) is 13.2 Å². The Bertz CT molecular complexity index is 922. The van der Waals surface area contributed by atoms with Crippen molar-refractivity contribution < 1.29 is 9.13 Å². The number of hydrogen-bond acceptors (Lipinski definition) is 2. The third-order valence-corrected chi connectivity index (χ3v) is 5.70. The topological polar surface area (TPSA) is 21.3 Å². The second-order valence-electron chi connectivity index (χ2n) is 6.12. The van der Waals surface area contributed by atoms with Gasteiger partial charge >= 0.3 is 0 Å². The highest BCUT2D eigenvalue weighted by atomic mass is 79.9. The van der Waals surface area contributed by atoms with Gasteiger partial charge in [-0.05, 0) is 97.9 Å². The van der Waals surface area contributed by atoms with E-state index in [1.807, 2.05) is 18.2 Å². The molecule has 0 bridgehead atoms. The predicted molar refractivity (Wildman–Crippen MR) is 119 cm³/mol. The van der Waals surface area contributed by atoms with Crippen molar-refractivity contribution in [2.24, 2.45) is 0 Å². The number of rotatable bonds is 6. The number of hydrogen-bond donors (Lipinski definition) is 1. The minimum atomic E-state index is -0.251. The molecule has 0 aromatic heterocycles. The van der Waals surface area contributed by atoms with Crippen molar-refractivity contribution >= 4 is 53.5 Å². The summed E-state index contributed by atoms with van der Waals surface area (Å²) in [5, 5.41) is 3.45. The summed E-state index contributed by atoms with van der Waals surface area (Å²) in [6.45, 7) is 3.14. The van der Waals surface area contributed by atoms with Crippen molar-refractivity contribution in [1.29, 1.82) is 0 Å². The fourth-order valence-electron chi connectivity index (χ4n) is 2.61. The summed E-state index contributed by atoms with van der Waals surface area (Å²) in [7, 11) is 0. The van der Waals surface area contributed by atoms with Crippen molar-refractivity contribution in [2.75, 3.05) is 5.32 Å². The van der Waals surface area contributed by atoms with Crippen LogP contribution in [0.4, 0.5) is 10.1 Å². The first kappa shape index (κ1) is 20.4. The van der Waals surface area contributed by atoms with Gasteiger partial charge in [-0.1, -0.05) is 28.1 Å². The van der Waals surface area contributed by atoms with E-state index >= 15 is 0 Å². The third-order valence-electron chi connectivity index (χ3n) is 4.03. The van der Waals surface area contributed by atoms with E-state index < -0.39 is 0 Å². The molecule has 0 aliphatic heterocycles. The molecule has 27 heavy (non-hydrogen) atoms. The first-order chi connectivity index (χ1) is 12.9. The molecule has 0 fully saturated rings. The number of ether oxygens (including phenoxy) is 1. The third kappa shape index (κ3) is 5.56. The highest BCUT2D eigenvalue weighted by molar-refractivity contribution is 9.11. The predicted octanol–water partition coefficient (Wildman–Crippen LogP) is 7.61. The molecular weight excluding hydrogens is 541 g/mol. The standard InChI is InChI=1S/C21H17Br3FNO/c1-13-8-16(22)4-7-20(13)26-11-15-9-18(23)21(19(24)10-15)27-12-14-2-5-17(25)6-3-14/h2-10,26H,11-12H2,1H3. The molecule has 6 heteroatoms. The van der Waals surface area contributed by atoms with E-state index in [1.54, 1.807) is 12.1 Å². The summed E-state index contributed by atoms with van der Waals surface area (Å²) < 4.78 is 21.7. The van der Waals surface area contributed by atoms with Crippen LogP contribution in [0.2, 0.25) is 0 Å². The lowest BCUT2D eigenvalue weighted by Gasteiger charge is -2.14. The molecule has 0 saturated carbocycles. The largest absolute Gasteiger partial charge is 0.487 e. The van der Waals surface area contributed by atoms with Crippen LogP contribution < -0.4 is 10.1 Å². The van der Waals surface area contributed by atoms with Crippen LogP contribution in [0.15, 0.2) is 68.0 Å². The molecule has 0 atom stereocenters. The van der Waals surface area contributed by atoms with Crippen LogP contribution in [0.1, 0.15) is 16.7 Å². The summed E-state index contributed by atoms with van der Waals surface area (Å²) in [5.41, 5.74) is 4.31. The first-order valence-corrected chi connectivity index (χ1v) is 10.7. The van der Waals surface area contributed by atoms with Crippen LogP contribution in [-0.4, -0.2) is 0 Å². The van der Waals surface area contributed by atoms with Gasteiger partial charge in [0.2, 0.25) is 0 Å². The zero-order chi connectivity index (χ0) is 19.4. The van der Waals surface area contributed by atoms with Gasteiger partial charge in [-0.25, -0.2) is 4.39 Å². The van der Waals surface area contributed by atoms with Crippen LogP contribution in [0.3, 0.4) is 0 Å². The van der Waals surface area contributed by atoms with Crippen LogP contribution in [0, 0.1) is 12.7 Å². The molecule has 0 aliphatic rings. The molecule has 0 amide bonds. The Labute approximate surface area is 183 Å². The fraction of sp³-hybridized carbons (Fsp3) is 0.143. The highest BCUT2D eigenvalue weighted by Crippen LogP contribution is 2.35. The lowest BCUT2D eigenvalue weighted by atomic mass is 10.1. The van der Waals surface area contributed by atoms with Gasteiger partial charge in [0.05, 0.1) is 8.95 Å². The Kier molecular flexibility index (Phi) is 6.95. The summed E-state index contributed by atoms with van der Waals surface area (Å²) in [6.07, 6.45) is 0. The molecule has 140 valence electrons. The van der Waals surface area contributed by atoms with Crippen molar-refractivity contribution in [3.05, 3.63) is 90.5 Å². The molecule has 3 aromatic rings. The van der Waals surface area contributed by atoms with E-state index in [-0.39, 0.29) is 5.82 Å². The van der Waals surface area contributed by atoms with Crippen LogP contribution in [0.5, 0.6) is 5.75 Å². The molecule has 0 unspecified atom stereocenters. The minimum absolute atomic E-state index is 0.251. The van der Waals surface area contributed by atoms with Gasteiger partial charge in [-0.15, -0.1) is 0 Å². The first-order valence-electron chi connectivity index (χ1n) is 8.27. The molecule has 2 nitrogen and oxygen atoms in total. The second-order valence-corrected chi connectivity index (χ2v) is 8.74. The summed E-state index contributed by atoms with van der Waals surface area (Å²) in [5.74, 6) is 0.474. The molecular formula is C21H17Br3FNO. The quantitative estimate of drug-likeness (QED) is 0.337. The Balaban J connectivity index is 1.67. The second kappa shape index (κ2) is 9.22. The van der Waals surface area contributed by atoms with Gasteiger partial charge in [0.15, 0.2) is 0 Å². The van der Waals surface area contributed by atoms with Gasteiger partial charge in [-0.2, -0.15) is 0 Å². The van der Waals surface area contributed by atoms with E-state index in [4.69, 9.17) is 4.74 Å². The van der Waals surface area contributed by atoms with Gasteiger partial charge in [0.1, 0.15) is 18.2 Å². The van der Waals surface area contributed by atoms with E-state index in [0.29, 0.717) is 13.2 Å². The highest BCUT2D eigenvalue weighted by Gasteiger charge is 2.10. The van der Waals surface area contributed by atoms with E-state index in [9.17, 15) is 4.39 Å². The van der Waals surface area contributed by atoms with Crippen molar-refractivity contribution in [3.63, 3.8) is 0 Å². The van der Waals surface area contributed by atoms with Crippen molar-refractivity contribution in [1.82, 2.24) is 0 Å². The number of nitrogens with one attached hydrogen (secondary N) is 1. The molecule has 3 aromatic carbocycles. The molecule has 3 rings (SSSR count). The maximum absolute atomic E-state index is 13.0. The average molecular weight is 558 g/mol. The molecule has 0 aliphatic carbocycles. The summed E-state index contributed by atoms with van der Waals surface area (Å²) in [6, 6.07) is 16.5. The SMILES string of the molecule is Cc1cc(Br)ccc1NCc1cc(Br)c(OCc2ccc(F)cc2)c(Br)c1. The Morgan fingerprint density at radius 2 is 1.56 bits per heavy atom. The number of benzene rings is 3. The van der Waals surface area contributed by atoms with Crippen LogP contribution >= 0.6 is 47.8 Å². The molecule has 1 N–H and O–H groups in total. The van der Waals surface area contributed by atoms with E-state index in [1.165, 1.54) is 17.7 Å². The lowest BCUT2D eigenvalue weighted by Crippen LogP contribution is -2.02. The van der Waals surface area contributed by atoms with Crippen LogP contribution in [0.25, 0.3) is 0 Å². The number of aryl methyl sites for hydroxylation is 1. The summed E-state index contributed by atoms with van der Waals surface area (Å²) >= 11 is 10.7.